The highest BCUT2D eigenvalue weighted by Gasteiger charge is 2.46. The van der Waals surface area contributed by atoms with Gasteiger partial charge in [0.25, 0.3) is 11.7 Å². The van der Waals surface area contributed by atoms with E-state index in [-0.39, 0.29) is 17.4 Å². The van der Waals surface area contributed by atoms with Crippen LogP contribution in [0.1, 0.15) is 36.8 Å². The van der Waals surface area contributed by atoms with Gasteiger partial charge in [-0.1, -0.05) is 48.5 Å². The van der Waals surface area contributed by atoms with E-state index in [0.717, 1.165) is 15.6 Å². The third kappa shape index (κ3) is 4.13. The van der Waals surface area contributed by atoms with Crippen LogP contribution in [0.2, 0.25) is 0 Å². The van der Waals surface area contributed by atoms with Gasteiger partial charge in [0.2, 0.25) is 0 Å². The summed E-state index contributed by atoms with van der Waals surface area (Å²) in [5, 5.41) is 15.0. The lowest BCUT2D eigenvalue weighted by Gasteiger charge is -2.24. The maximum Gasteiger partial charge on any atom is 0.295 e. The third-order valence-electron chi connectivity index (χ3n) is 5.39. The van der Waals surface area contributed by atoms with Gasteiger partial charge in [-0.15, -0.1) is 11.3 Å². The van der Waals surface area contributed by atoms with Crippen molar-refractivity contribution in [3.05, 3.63) is 76.0 Å². The van der Waals surface area contributed by atoms with Crippen molar-refractivity contribution in [3.63, 3.8) is 0 Å². The molecule has 0 radical (unpaired) electrons. The van der Waals surface area contributed by atoms with Crippen LogP contribution in [-0.2, 0) is 14.3 Å². The maximum absolute atomic E-state index is 13.1. The second kappa shape index (κ2) is 9.04. The van der Waals surface area contributed by atoms with Crippen molar-refractivity contribution < 1.29 is 19.4 Å². The molecule has 6 heteroatoms. The predicted octanol–water partition coefficient (Wildman–Crippen LogP) is 5.14. The fourth-order valence-corrected chi connectivity index (χ4v) is 4.83. The minimum absolute atomic E-state index is 0.106. The molecule has 1 aliphatic heterocycles. The van der Waals surface area contributed by atoms with Crippen LogP contribution < -0.4 is 0 Å². The van der Waals surface area contributed by atoms with Crippen LogP contribution in [0.5, 0.6) is 0 Å². The van der Waals surface area contributed by atoms with E-state index in [9.17, 15) is 14.7 Å². The lowest BCUT2D eigenvalue weighted by Crippen LogP contribution is -2.31. The van der Waals surface area contributed by atoms with Crippen LogP contribution in [0, 0.1) is 0 Å². The Morgan fingerprint density at radius 1 is 1.10 bits per heavy atom. The second-order valence-electron chi connectivity index (χ2n) is 7.81. The number of likely N-dealkylation sites (tertiary alicyclic amines) is 1. The number of hydrogen-bond acceptors (Lipinski definition) is 5. The van der Waals surface area contributed by atoms with Gasteiger partial charge >= 0.3 is 0 Å². The van der Waals surface area contributed by atoms with Gasteiger partial charge in [-0.05, 0) is 42.5 Å². The molecule has 1 aromatic heterocycles. The number of aliphatic hydroxyl groups is 1. The molecule has 1 aliphatic rings. The number of fused-ring (bicyclic) bond motifs is 1. The maximum atomic E-state index is 13.1. The average molecular weight is 436 g/mol. The largest absolute Gasteiger partial charge is 0.507 e. The Kier molecular flexibility index (Phi) is 6.20. The second-order valence-corrected chi connectivity index (χ2v) is 8.79. The molecule has 4 rings (SSSR count). The Bertz CT molecular complexity index is 1130. The fourth-order valence-electron chi connectivity index (χ4n) is 3.98. The minimum Gasteiger partial charge on any atom is -0.507 e. The van der Waals surface area contributed by atoms with Gasteiger partial charge in [-0.2, -0.15) is 0 Å². The van der Waals surface area contributed by atoms with E-state index < -0.39 is 17.7 Å². The molecule has 0 bridgehead atoms. The summed E-state index contributed by atoms with van der Waals surface area (Å²) >= 11 is 1.47. The molecule has 2 heterocycles. The standard InChI is InChI=1S/C25H25NO4S/c1-16(2)30-14-7-13-26-22(20-12-6-15-31-20)21(24(28)25(26)29)23(27)19-11-5-9-17-8-3-4-10-18(17)19/h3-6,8-12,15-16,22,27H,7,13-14H2,1-2H3/b23-21-. The number of aliphatic hydroxyl groups excluding tert-OH is 1. The first kappa shape index (κ1) is 21.3. The molecule has 160 valence electrons. The summed E-state index contributed by atoms with van der Waals surface area (Å²) < 4.78 is 5.60. The number of amides is 1. The number of Topliss-reactive ketones (excluding diaryl/α,β-unsaturated/α-hetero) is 1. The molecule has 5 nitrogen and oxygen atoms in total. The van der Waals surface area contributed by atoms with Crippen LogP contribution >= 0.6 is 11.3 Å². The molecule has 1 saturated heterocycles. The molecule has 0 aliphatic carbocycles. The number of nitrogens with zero attached hydrogens (tertiary/aromatic N) is 1. The summed E-state index contributed by atoms with van der Waals surface area (Å²) in [6, 6.07) is 16.5. The van der Waals surface area contributed by atoms with Gasteiger partial charge in [-0.25, -0.2) is 0 Å². The van der Waals surface area contributed by atoms with Crippen LogP contribution in [0.3, 0.4) is 0 Å². The highest BCUT2D eigenvalue weighted by molar-refractivity contribution is 7.10. The van der Waals surface area contributed by atoms with E-state index in [1.165, 1.54) is 11.3 Å². The van der Waals surface area contributed by atoms with Gasteiger partial charge in [-0.3, -0.25) is 9.59 Å². The summed E-state index contributed by atoms with van der Waals surface area (Å²) in [7, 11) is 0. The highest BCUT2D eigenvalue weighted by atomic mass is 32.1. The average Bonchev–Trinajstić information content (AvgIpc) is 3.38. The number of thiophene rings is 1. The van der Waals surface area contributed by atoms with Gasteiger partial charge in [0, 0.05) is 23.6 Å². The first-order valence-corrected chi connectivity index (χ1v) is 11.3. The molecule has 0 saturated carbocycles. The number of hydrogen-bond donors (Lipinski definition) is 1. The van der Waals surface area contributed by atoms with Crippen molar-refractivity contribution in [2.45, 2.75) is 32.4 Å². The fraction of sp³-hybridized carbons (Fsp3) is 0.280. The first-order chi connectivity index (χ1) is 15.0. The van der Waals surface area contributed by atoms with Crippen LogP contribution in [0.25, 0.3) is 16.5 Å². The minimum atomic E-state index is -0.645. The molecular formula is C25H25NO4S. The van der Waals surface area contributed by atoms with Gasteiger partial charge in [0.15, 0.2) is 0 Å². The van der Waals surface area contributed by atoms with Gasteiger partial charge in [0.1, 0.15) is 5.76 Å². The van der Waals surface area contributed by atoms with E-state index >= 15 is 0 Å². The van der Waals surface area contributed by atoms with Crippen molar-refractivity contribution in [3.8, 4) is 0 Å². The number of ketones is 1. The van der Waals surface area contributed by atoms with E-state index in [4.69, 9.17) is 4.74 Å². The van der Waals surface area contributed by atoms with Crippen LogP contribution in [0.15, 0.2) is 65.6 Å². The van der Waals surface area contributed by atoms with E-state index in [1.807, 2.05) is 67.8 Å². The predicted molar refractivity (Wildman–Crippen MR) is 123 cm³/mol. The summed E-state index contributed by atoms with van der Waals surface area (Å²) in [5.74, 6) is -1.35. The van der Waals surface area contributed by atoms with E-state index in [1.54, 1.807) is 11.0 Å². The van der Waals surface area contributed by atoms with Crippen LogP contribution in [0.4, 0.5) is 0 Å². The number of ether oxygens (including phenoxy) is 1. The Labute approximate surface area is 185 Å². The summed E-state index contributed by atoms with van der Waals surface area (Å²) in [5.41, 5.74) is 0.703. The molecule has 1 atom stereocenters. The SMILES string of the molecule is CC(C)OCCCN1C(=O)C(=O)/C(=C(\O)c2cccc3ccccc23)C1c1cccs1. The molecule has 0 spiro atoms. The third-order valence-corrected chi connectivity index (χ3v) is 6.32. The Morgan fingerprint density at radius 3 is 2.61 bits per heavy atom. The number of rotatable bonds is 7. The molecule has 2 aromatic carbocycles. The summed E-state index contributed by atoms with van der Waals surface area (Å²) in [4.78, 5) is 28.4. The van der Waals surface area contributed by atoms with Crippen molar-refractivity contribution in [2.24, 2.45) is 0 Å². The molecular weight excluding hydrogens is 410 g/mol. The number of carbonyl (C=O) groups is 2. The van der Waals surface area contributed by atoms with Crippen molar-refractivity contribution in [1.82, 2.24) is 4.90 Å². The van der Waals surface area contributed by atoms with Crippen molar-refractivity contribution in [1.29, 1.82) is 0 Å². The van der Waals surface area contributed by atoms with Gasteiger partial charge < -0.3 is 14.7 Å². The van der Waals surface area contributed by atoms with Gasteiger partial charge in [0.05, 0.1) is 17.7 Å². The Morgan fingerprint density at radius 2 is 1.87 bits per heavy atom. The van der Waals surface area contributed by atoms with E-state index in [0.29, 0.717) is 25.1 Å². The molecule has 1 unspecified atom stereocenters. The summed E-state index contributed by atoms with van der Waals surface area (Å²) in [6.45, 7) is 4.80. The zero-order chi connectivity index (χ0) is 22.0. The molecule has 31 heavy (non-hydrogen) atoms. The monoisotopic (exact) mass is 435 g/mol. The molecule has 1 N–H and O–H groups in total. The zero-order valence-electron chi connectivity index (χ0n) is 17.6. The van der Waals surface area contributed by atoms with E-state index in [2.05, 4.69) is 0 Å². The Hall–Kier alpha value is -2.96. The Balaban J connectivity index is 1.78. The molecule has 1 fully saturated rings. The lowest BCUT2D eigenvalue weighted by atomic mass is 9.96. The smallest absolute Gasteiger partial charge is 0.295 e. The first-order valence-electron chi connectivity index (χ1n) is 10.4. The summed E-state index contributed by atoms with van der Waals surface area (Å²) in [6.07, 6.45) is 0.719. The number of carbonyl (C=O) groups excluding carboxylic acids is 2. The molecule has 1 amide bonds. The van der Waals surface area contributed by atoms with Crippen LogP contribution in [-0.4, -0.2) is 41.0 Å². The normalized spacial score (nSPS) is 18.4. The van der Waals surface area contributed by atoms with Crippen molar-refractivity contribution in [2.75, 3.05) is 13.2 Å². The zero-order valence-corrected chi connectivity index (χ0v) is 18.4. The quantitative estimate of drug-likeness (QED) is 0.242. The van der Waals surface area contributed by atoms with Crippen molar-refractivity contribution >= 4 is 39.6 Å². The number of benzene rings is 2. The lowest BCUT2D eigenvalue weighted by molar-refractivity contribution is -0.140. The molecule has 3 aromatic rings. The topological polar surface area (TPSA) is 66.8 Å². The highest BCUT2D eigenvalue weighted by Crippen LogP contribution is 2.42.